The maximum absolute atomic E-state index is 13.2. The number of aryl methyl sites for hydroxylation is 3. The van der Waals surface area contributed by atoms with Crippen molar-refractivity contribution in [2.75, 3.05) is 5.32 Å². The Balaban J connectivity index is 2.07. The van der Waals surface area contributed by atoms with Crippen LogP contribution in [-0.2, 0) is 6.18 Å². The summed E-state index contributed by atoms with van der Waals surface area (Å²) in [6.45, 7) is 4.98. The molecule has 30 heavy (non-hydrogen) atoms. The summed E-state index contributed by atoms with van der Waals surface area (Å²) in [5.41, 5.74) is 0.534. The Hall–Kier alpha value is -3.69. The van der Waals surface area contributed by atoms with Crippen LogP contribution in [0.5, 0.6) is 0 Å². The minimum Gasteiger partial charge on any atom is -0.320 e. The molecule has 3 rings (SSSR count). The van der Waals surface area contributed by atoms with Crippen LogP contribution < -0.4 is 5.32 Å². The van der Waals surface area contributed by atoms with Crippen molar-refractivity contribution in [2.45, 2.75) is 26.9 Å². The van der Waals surface area contributed by atoms with Gasteiger partial charge in [-0.2, -0.15) is 18.3 Å². The van der Waals surface area contributed by atoms with Gasteiger partial charge < -0.3 is 5.32 Å². The molecular weight excluding hydrogens is 401 g/mol. The minimum atomic E-state index is -4.62. The van der Waals surface area contributed by atoms with Gasteiger partial charge in [-0.3, -0.25) is 14.9 Å². The second-order valence-electron chi connectivity index (χ2n) is 6.78. The first kappa shape index (κ1) is 21.0. The Labute approximate surface area is 169 Å². The van der Waals surface area contributed by atoms with Crippen molar-refractivity contribution in [1.82, 2.24) is 9.78 Å². The summed E-state index contributed by atoms with van der Waals surface area (Å²) in [7, 11) is 0. The summed E-state index contributed by atoms with van der Waals surface area (Å²) in [6, 6.07) is 8.53. The molecule has 1 heterocycles. The molecule has 10 heteroatoms. The number of rotatable bonds is 4. The van der Waals surface area contributed by atoms with E-state index in [2.05, 4.69) is 10.4 Å². The number of hydrogen-bond donors (Lipinski definition) is 1. The summed E-state index contributed by atoms with van der Waals surface area (Å²) >= 11 is 0. The molecule has 0 saturated carbocycles. The first-order chi connectivity index (χ1) is 14.0. The van der Waals surface area contributed by atoms with Gasteiger partial charge >= 0.3 is 6.18 Å². The smallest absolute Gasteiger partial charge is 0.320 e. The highest BCUT2D eigenvalue weighted by Gasteiger charge is 2.31. The van der Waals surface area contributed by atoms with Crippen LogP contribution in [0.15, 0.2) is 42.5 Å². The van der Waals surface area contributed by atoms with Gasteiger partial charge in [-0.15, -0.1) is 0 Å². The normalized spacial score (nSPS) is 11.4. The fraction of sp³-hybridized carbons (Fsp3) is 0.200. The standard InChI is InChI=1S/C20H17F3N4O3/c1-11-4-5-14(9-18(11)27(29)30)19(28)24-16-10-15(20(21,22)23)6-7-17(16)26-13(3)8-12(2)25-26/h4-10H,1-3H3,(H,24,28). The van der Waals surface area contributed by atoms with Crippen molar-refractivity contribution in [3.05, 3.63) is 80.7 Å². The number of alkyl halides is 3. The predicted octanol–water partition coefficient (Wildman–Crippen LogP) is 4.98. The fourth-order valence-electron chi connectivity index (χ4n) is 3.01. The van der Waals surface area contributed by atoms with E-state index in [4.69, 9.17) is 0 Å². The van der Waals surface area contributed by atoms with E-state index in [0.29, 0.717) is 17.0 Å². The van der Waals surface area contributed by atoms with Crippen LogP contribution in [0.3, 0.4) is 0 Å². The number of hydrogen-bond acceptors (Lipinski definition) is 4. The molecule has 0 spiro atoms. The van der Waals surface area contributed by atoms with Crippen molar-refractivity contribution >= 4 is 17.3 Å². The zero-order chi connectivity index (χ0) is 22.2. The molecule has 0 saturated heterocycles. The highest BCUT2D eigenvalue weighted by atomic mass is 19.4. The molecule has 1 amide bonds. The second-order valence-corrected chi connectivity index (χ2v) is 6.78. The molecule has 156 valence electrons. The number of amides is 1. The summed E-state index contributed by atoms with van der Waals surface area (Å²) in [5, 5.41) is 17.8. The molecule has 0 atom stereocenters. The fourth-order valence-corrected chi connectivity index (χ4v) is 3.01. The summed E-state index contributed by atoms with van der Waals surface area (Å²) in [4.78, 5) is 23.2. The molecular formula is C20H17F3N4O3. The monoisotopic (exact) mass is 418 g/mol. The van der Waals surface area contributed by atoms with Gasteiger partial charge in [0.05, 0.1) is 27.6 Å². The molecule has 0 radical (unpaired) electrons. The lowest BCUT2D eigenvalue weighted by Gasteiger charge is -2.16. The van der Waals surface area contributed by atoms with E-state index < -0.39 is 22.6 Å². The van der Waals surface area contributed by atoms with Crippen molar-refractivity contribution in [3.63, 3.8) is 0 Å². The number of carbonyl (C=O) groups is 1. The topological polar surface area (TPSA) is 90.1 Å². The Bertz CT molecular complexity index is 1150. The number of halogens is 3. The Morgan fingerprint density at radius 2 is 1.80 bits per heavy atom. The molecule has 1 aromatic heterocycles. The molecule has 0 aliphatic carbocycles. The summed E-state index contributed by atoms with van der Waals surface area (Å²) in [6.07, 6.45) is -4.62. The van der Waals surface area contributed by atoms with Gasteiger partial charge in [0.25, 0.3) is 11.6 Å². The van der Waals surface area contributed by atoms with E-state index in [1.807, 2.05) is 0 Å². The van der Waals surface area contributed by atoms with E-state index in [9.17, 15) is 28.1 Å². The number of nitrogens with one attached hydrogen (secondary N) is 1. The maximum atomic E-state index is 13.2. The van der Waals surface area contributed by atoms with Gasteiger partial charge in [0.2, 0.25) is 0 Å². The third-order valence-corrected chi connectivity index (χ3v) is 4.48. The Kier molecular flexibility index (Phi) is 5.34. The zero-order valence-electron chi connectivity index (χ0n) is 16.2. The van der Waals surface area contributed by atoms with Gasteiger partial charge in [0.1, 0.15) is 0 Å². The van der Waals surface area contributed by atoms with Gasteiger partial charge in [0.15, 0.2) is 0 Å². The largest absolute Gasteiger partial charge is 0.416 e. The summed E-state index contributed by atoms with van der Waals surface area (Å²) in [5.74, 6) is -0.778. The zero-order valence-corrected chi connectivity index (χ0v) is 16.2. The van der Waals surface area contributed by atoms with Crippen LogP contribution >= 0.6 is 0 Å². The lowest BCUT2D eigenvalue weighted by molar-refractivity contribution is -0.385. The lowest BCUT2D eigenvalue weighted by Crippen LogP contribution is -2.16. The number of anilines is 1. The van der Waals surface area contributed by atoms with E-state index in [1.54, 1.807) is 19.9 Å². The Morgan fingerprint density at radius 1 is 1.10 bits per heavy atom. The van der Waals surface area contributed by atoms with Crippen LogP contribution in [0.4, 0.5) is 24.5 Å². The molecule has 7 nitrogen and oxygen atoms in total. The number of nitrogens with zero attached hydrogens (tertiary/aromatic N) is 3. The van der Waals surface area contributed by atoms with Crippen LogP contribution in [0, 0.1) is 30.9 Å². The van der Waals surface area contributed by atoms with Crippen molar-refractivity contribution < 1.29 is 22.9 Å². The number of benzene rings is 2. The van der Waals surface area contributed by atoms with Crippen molar-refractivity contribution in [1.29, 1.82) is 0 Å². The van der Waals surface area contributed by atoms with Crippen molar-refractivity contribution in [3.8, 4) is 5.69 Å². The molecule has 3 aromatic rings. The van der Waals surface area contributed by atoms with Gasteiger partial charge in [-0.05, 0) is 51.1 Å². The lowest BCUT2D eigenvalue weighted by atomic mass is 10.1. The minimum absolute atomic E-state index is 0.0518. The molecule has 0 unspecified atom stereocenters. The van der Waals surface area contributed by atoms with E-state index >= 15 is 0 Å². The molecule has 0 bridgehead atoms. The first-order valence-electron chi connectivity index (χ1n) is 8.78. The maximum Gasteiger partial charge on any atom is 0.416 e. The van der Waals surface area contributed by atoms with E-state index in [-0.39, 0.29) is 22.6 Å². The van der Waals surface area contributed by atoms with Crippen LogP contribution in [0.2, 0.25) is 0 Å². The van der Waals surface area contributed by atoms with Crippen LogP contribution in [-0.4, -0.2) is 20.6 Å². The van der Waals surface area contributed by atoms with E-state index in [1.165, 1.54) is 29.8 Å². The number of nitro groups is 1. The SMILES string of the molecule is Cc1cc(C)n(-c2ccc(C(F)(F)F)cc2NC(=O)c2ccc(C)c([N+](=O)[O-])c2)n1. The molecule has 0 fully saturated rings. The quantitative estimate of drug-likeness (QED) is 0.478. The van der Waals surface area contributed by atoms with E-state index in [0.717, 1.165) is 18.2 Å². The van der Waals surface area contributed by atoms with Gasteiger partial charge in [0, 0.05) is 22.9 Å². The van der Waals surface area contributed by atoms with Crippen LogP contribution in [0.1, 0.15) is 32.9 Å². The second kappa shape index (κ2) is 7.62. The molecule has 0 aliphatic rings. The predicted molar refractivity (Wildman–Crippen MR) is 104 cm³/mol. The molecule has 2 aromatic carbocycles. The highest BCUT2D eigenvalue weighted by Crippen LogP contribution is 2.34. The third-order valence-electron chi connectivity index (χ3n) is 4.48. The number of aromatic nitrogens is 2. The highest BCUT2D eigenvalue weighted by molar-refractivity contribution is 6.05. The number of carbonyl (C=O) groups excluding carboxylic acids is 1. The van der Waals surface area contributed by atoms with Gasteiger partial charge in [-0.1, -0.05) is 6.07 Å². The molecule has 0 aliphatic heterocycles. The molecule has 1 N–H and O–H groups in total. The van der Waals surface area contributed by atoms with Crippen LogP contribution in [0.25, 0.3) is 5.69 Å². The number of nitro benzene ring substituents is 1. The van der Waals surface area contributed by atoms with Gasteiger partial charge in [-0.25, -0.2) is 4.68 Å². The Morgan fingerprint density at radius 3 is 2.37 bits per heavy atom. The van der Waals surface area contributed by atoms with Crippen molar-refractivity contribution in [2.24, 2.45) is 0 Å². The average molecular weight is 418 g/mol. The summed E-state index contributed by atoms with van der Waals surface area (Å²) < 4.78 is 41.1. The third kappa shape index (κ3) is 4.17. The first-order valence-corrected chi connectivity index (χ1v) is 8.78. The average Bonchev–Trinajstić information content (AvgIpc) is 2.99.